The van der Waals surface area contributed by atoms with E-state index in [0.717, 1.165) is 0 Å². The first-order valence-electron chi connectivity index (χ1n) is 8.74. The van der Waals surface area contributed by atoms with Crippen molar-refractivity contribution in [3.8, 4) is 0 Å². The van der Waals surface area contributed by atoms with E-state index in [2.05, 4.69) is 20.0 Å². The Bertz CT molecular complexity index is 1080. The first-order valence-corrected chi connectivity index (χ1v) is 8.74. The zero-order chi connectivity index (χ0) is 21.1. The van der Waals surface area contributed by atoms with Gasteiger partial charge in [-0.05, 0) is 26.1 Å². The first kappa shape index (κ1) is 19.7. The molecule has 1 aliphatic heterocycles. The van der Waals surface area contributed by atoms with E-state index < -0.39 is 23.5 Å². The van der Waals surface area contributed by atoms with E-state index in [0.29, 0.717) is 38.3 Å². The van der Waals surface area contributed by atoms with Gasteiger partial charge in [0, 0.05) is 31.6 Å². The van der Waals surface area contributed by atoms with Gasteiger partial charge in [-0.2, -0.15) is 30.9 Å². The van der Waals surface area contributed by atoms with Crippen LogP contribution in [-0.2, 0) is 12.4 Å². The largest absolute Gasteiger partial charge is 0.417 e. The highest BCUT2D eigenvalue weighted by Gasteiger charge is 2.43. The molecule has 1 fully saturated rings. The Morgan fingerprint density at radius 1 is 0.862 bits per heavy atom. The Morgan fingerprint density at radius 2 is 1.45 bits per heavy atom. The molecule has 3 aromatic rings. The van der Waals surface area contributed by atoms with Crippen LogP contribution in [0.2, 0.25) is 0 Å². The number of benzene rings is 1. The van der Waals surface area contributed by atoms with Crippen LogP contribution in [0, 0.1) is 6.92 Å². The molecule has 0 atom stereocenters. The van der Waals surface area contributed by atoms with Crippen molar-refractivity contribution in [3.63, 3.8) is 0 Å². The number of fused-ring (bicyclic) bond motifs is 3. The lowest BCUT2D eigenvalue weighted by Crippen LogP contribution is -2.45. The predicted octanol–water partition coefficient (Wildman–Crippen LogP) is 3.38. The van der Waals surface area contributed by atoms with E-state index in [-0.39, 0.29) is 28.3 Å². The van der Waals surface area contributed by atoms with Crippen LogP contribution in [0.1, 0.15) is 17.0 Å². The fourth-order valence-corrected chi connectivity index (χ4v) is 3.42. The smallest absolute Gasteiger partial charge is 0.338 e. The zero-order valence-electron chi connectivity index (χ0n) is 15.4. The summed E-state index contributed by atoms with van der Waals surface area (Å²) in [7, 11) is 1.94. The number of aromatic nitrogens is 4. The highest BCUT2D eigenvalue weighted by molar-refractivity contribution is 5.93. The normalized spacial score (nSPS) is 16.9. The van der Waals surface area contributed by atoms with Crippen molar-refractivity contribution in [2.75, 3.05) is 38.1 Å². The molecule has 4 rings (SSSR count). The quantitative estimate of drug-likeness (QED) is 0.568. The molecule has 0 radical (unpaired) electrons. The number of piperazine rings is 1. The molecule has 29 heavy (non-hydrogen) atoms. The van der Waals surface area contributed by atoms with Crippen molar-refractivity contribution < 1.29 is 26.3 Å². The van der Waals surface area contributed by atoms with Gasteiger partial charge in [-0.1, -0.05) is 0 Å². The molecule has 1 aliphatic rings. The van der Waals surface area contributed by atoms with Crippen LogP contribution in [0.25, 0.3) is 16.6 Å². The summed E-state index contributed by atoms with van der Waals surface area (Å²) in [5.74, 6) is 0.539. The lowest BCUT2D eigenvalue weighted by molar-refractivity contribution is -0.161. The Balaban J connectivity index is 2.02. The van der Waals surface area contributed by atoms with Crippen molar-refractivity contribution in [1.29, 1.82) is 0 Å². The molecule has 0 N–H and O–H groups in total. The van der Waals surface area contributed by atoms with Gasteiger partial charge >= 0.3 is 12.4 Å². The molecule has 1 saturated heterocycles. The molecule has 0 unspecified atom stereocenters. The fraction of sp³-hybridized carbons (Fsp3) is 0.471. The Morgan fingerprint density at radius 3 is 2.03 bits per heavy atom. The summed E-state index contributed by atoms with van der Waals surface area (Å²) in [5.41, 5.74) is -3.70. The molecule has 0 spiro atoms. The molecular formula is C17H16F6N6. The second-order valence-corrected chi connectivity index (χ2v) is 7.01. The van der Waals surface area contributed by atoms with Crippen LogP contribution < -0.4 is 4.90 Å². The number of alkyl halides is 6. The number of aryl methyl sites for hydroxylation is 1. The summed E-state index contributed by atoms with van der Waals surface area (Å²) < 4.78 is 81.4. The summed E-state index contributed by atoms with van der Waals surface area (Å²) in [6, 6.07) is 0.907. The SMILES string of the molecule is Cc1nc2c3cc(C(F)(F)F)c(C(F)(F)F)cc3nc(N3CCN(C)CC3)n2n1. The highest BCUT2D eigenvalue weighted by Crippen LogP contribution is 2.42. The highest BCUT2D eigenvalue weighted by atomic mass is 19.4. The monoisotopic (exact) mass is 418 g/mol. The summed E-state index contributed by atoms with van der Waals surface area (Å²) in [6.45, 7) is 4.07. The maximum absolute atomic E-state index is 13.3. The fourth-order valence-electron chi connectivity index (χ4n) is 3.42. The van der Waals surface area contributed by atoms with Gasteiger partial charge in [0.1, 0.15) is 5.82 Å². The number of rotatable bonds is 1. The summed E-state index contributed by atoms with van der Waals surface area (Å²) in [4.78, 5) is 12.3. The second-order valence-electron chi connectivity index (χ2n) is 7.01. The third kappa shape index (κ3) is 3.45. The van der Waals surface area contributed by atoms with Crippen molar-refractivity contribution >= 4 is 22.5 Å². The van der Waals surface area contributed by atoms with Crippen molar-refractivity contribution in [2.45, 2.75) is 19.3 Å². The van der Waals surface area contributed by atoms with E-state index in [1.165, 1.54) is 4.52 Å². The lowest BCUT2D eigenvalue weighted by Gasteiger charge is -2.33. The molecule has 12 heteroatoms. The van der Waals surface area contributed by atoms with Gasteiger partial charge < -0.3 is 9.80 Å². The maximum atomic E-state index is 13.3. The molecule has 2 aromatic heterocycles. The molecular weight excluding hydrogens is 402 g/mol. The molecule has 0 saturated carbocycles. The second kappa shape index (κ2) is 6.44. The summed E-state index contributed by atoms with van der Waals surface area (Å²) >= 11 is 0. The van der Waals surface area contributed by atoms with Gasteiger partial charge in [0.15, 0.2) is 5.65 Å². The van der Waals surface area contributed by atoms with Crippen LogP contribution in [0.4, 0.5) is 32.3 Å². The third-order valence-electron chi connectivity index (χ3n) is 4.90. The van der Waals surface area contributed by atoms with E-state index in [1.807, 2.05) is 11.9 Å². The van der Waals surface area contributed by atoms with Gasteiger partial charge in [-0.25, -0.2) is 9.97 Å². The average molecular weight is 418 g/mol. The van der Waals surface area contributed by atoms with E-state index in [4.69, 9.17) is 0 Å². The lowest BCUT2D eigenvalue weighted by atomic mass is 10.0. The van der Waals surface area contributed by atoms with Gasteiger partial charge in [0.2, 0.25) is 5.95 Å². The van der Waals surface area contributed by atoms with E-state index in [9.17, 15) is 26.3 Å². The molecule has 3 heterocycles. The number of likely N-dealkylation sites (N-methyl/N-ethyl adjacent to an activating group) is 1. The van der Waals surface area contributed by atoms with Crippen molar-refractivity contribution in [2.24, 2.45) is 0 Å². The zero-order valence-corrected chi connectivity index (χ0v) is 15.4. The van der Waals surface area contributed by atoms with Gasteiger partial charge in [-0.15, -0.1) is 5.10 Å². The molecule has 1 aromatic carbocycles. The van der Waals surface area contributed by atoms with Crippen LogP contribution in [0.3, 0.4) is 0 Å². The number of hydrogen-bond donors (Lipinski definition) is 0. The number of nitrogens with zero attached hydrogens (tertiary/aromatic N) is 6. The number of hydrogen-bond acceptors (Lipinski definition) is 5. The van der Waals surface area contributed by atoms with Crippen LogP contribution in [0.5, 0.6) is 0 Å². The van der Waals surface area contributed by atoms with Crippen LogP contribution in [-0.4, -0.2) is 57.7 Å². The first-order chi connectivity index (χ1) is 13.4. The summed E-state index contributed by atoms with van der Waals surface area (Å²) in [6.07, 6.45) is -10.4. The minimum atomic E-state index is -5.18. The van der Waals surface area contributed by atoms with E-state index >= 15 is 0 Å². The predicted molar refractivity (Wildman–Crippen MR) is 92.7 cm³/mol. The molecule has 0 aliphatic carbocycles. The number of anilines is 1. The molecule has 6 nitrogen and oxygen atoms in total. The van der Waals surface area contributed by atoms with E-state index in [1.54, 1.807) is 6.92 Å². The topological polar surface area (TPSA) is 49.6 Å². The Labute approximate surface area is 160 Å². The Kier molecular flexibility index (Phi) is 4.37. The third-order valence-corrected chi connectivity index (χ3v) is 4.90. The van der Waals surface area contributed by atoms with Gasteiger partial charge in [-0.3, -0.25) is 0 Å². The maximum Gasteiger partial charge on any atom is 0.417 e. The molecule has 0 amide bonds. The van der Waals surface area contributed by atoms with Crippen LogP contribution >= 0.6 is 0 Å². The van der Waals surface area contributed by atoms with Crippen molar-refractivity contribution in [1.82, 2.24) is 24.5 Å². The van der Waals surface area contributed by atoms with Crippen molar-refractivity contribution in [3.05, 3.63) is 29.1 Å². The minimum absolute atomic E-state index is 0.0423. The summed E-state index contributed by atoms with van der Waals surface area (Å²) in [5, 5.41) is 4.07. The van der Waals surface area contributed by atoms with Crippen LogP contribution in [0.15, 0.2) is 12.1 Å². The minimum Gasteiger partial charge on any atom is -0.338 e. The Hall–Kier alpha value is -2.63. The number of halogens is 6. The average Bonchev–Trinajstić information content (AvgIpc) is 3.01. The molecule has 0 bridgehead atoms. The van der Waals surface area contributed by atoms with Gasteiger partial charge in [0.25, 0.3) is 0 Å². The molecule has 156 valence electrons. The standard InChI is InChI=1S/C17H16F6N6/c1-9-24-14-10-7-11(16(18,19)20)12(17(21,22)23)8-13(10)25-15(29(14)26-9)28-5-3-27(2)4-6-28/h7-8H,3-6H2,1-2H3. The van der Waals surface area contributed by atoms with Gasteiger partial charge in [0.05, 0.1) is 16.6 Å².